The Bertz CT molecular complexity index is 414. The van der Waals surface area contributed by atoms with Crippen LogP contribution in [0.4, 0.5) is 5.69 Å². The van der Waals surface area contributed by atoms with Crippen LogP contribution in [0.15, 0.2) is 18.2 Å². The summed E-state index contributed by atoms with van der Waals surface area (Å²) in [5.41, 5.74) is 4.34. The van der Waals surface area contributed by atoms with Crippen molar-refractivity contribution in [1.29, 1.82) is 0 Å². The standard InChI is InChI=1S/C16H24N2/c1-12-5-2-3-8-15(12)18-11-14-7-4-6-13-9-10-17-16(13)14/h4,6-7,12,15,17-18H,2-3,5,8-11H2,1H3. The van der Waals surface area contributed by atoms with Gasteiger partial charge in [-0.1, -0.05) is 38.0 Å². The summed E-state index contributed by atoms with van der Waals surface area (Å²) in [5.74, 6) is 0.837. The first-order valence-electron chi connectivity index (χ1n) is 7.42. The molecule has 98 valence electrons. The van der Waals surface area contributed by atoms with Crippen LogP contribution < -0.4 is 10.6 Å². The number of para-hydroxylation sites is 1. The van der Waals surface area contributed by atoms with E-state index in [9.17, 15) is 0 Å². The lowest BCUT2D eigenvalue weighted by Gasteiger charge is -2.30. The van der Waals surface area contributed by atoms with Gasteiger partial charge < -0.3 is 10.6 Å². The zero-order valence-electron chi connectivity index (χ0n) is 11.3. The average Bonchev–Trinajstić information content (AvgIpc) is 2.86. The van der Waals surface area contributed by atoms with Crippen LogP contribution in [0.5, 0.6) is 0 Å². The maximum absolute atomic E-state index is 3.78. The maximum Gasteiger partial charge on any atom is 0.0419 e. The van der Waals surface area contributed by atoms with Crippen molar-refractivity contribution in [2.75, 3.05) is 11.9 Å². The molecule has 2 nitrogen and oxygen atoms in total. The zero-order chi connectivity index (χ0) is 12.4. The van der Waals surface area contributed by atoms with Crippen molar-refractivity contribution in [1.82, 2.24) is 5.32 Å². The molecular formula is C16H24N2. The Kier molecular flexibility index (Phi) is 3.55. The second-order valence-electron chi connectivity index (χ2n) is 5.88. The Labute approximate surface area is 110 Å². The number of benzene rings is 1. The molecule has 1 fully saturated rings. The largest absolute Gasteiger partial charge is 0.384 e. The van der Waals surface area contributed by atoms with E-state index in [1.54, 1.807) is 0 Å². The van der Waals surface area contributed by atoms with E-state index < -0.39 is 0 Å². The van der Waals surface area contributed by atoms with Crippen molar-refractivity contribution >= 4 is 5.69 Å². The maximum atomic E-state index is 3.78. The first kappa shape index (κ1) is 12.0. The fourth-order valence-electron chi connectivity index (χ4n) is 3.42. The second kappa shape index (κ2) is 5.31. The smallest absolute Gasteiger partial charge is 0.0419 e. The van der Waals surface area contributed by atoms with Crippen molar-refractivity contribution < 1.29 is 0 Å². The molecule has 1 aromatic carbocycles. The van der Waals surface area contributed by atoms with Gasteiger partial charge in [0.1, 0.15) is 0 Å². The molecule has 1 saturated carbocycles. The van der Waals surface area contributed by atoms with E-state index in [0.717, 1.165) is 25.0 Å². The summed E-state index contributed by atoms with van der Waals surface area (Å²) in [6, 6.07) is 7.43. The quantitative estimate of drug-likeness (QED) is 0.852. The van der Waals surface area contributed by atoms with E-state index in [2.05, 4.69) is 35.8 Å². The molecule has 0 amide bonds. The SMILES string of the molecule is CC1CCCCC1NCc1cccc2c1NCC2. The first-order chi connectivity index (χ1) is 8.84. The van der Waals surface area contributed by atoms with Gasteiger partial charge in [0.15, 0.2) is 0 Å². The summed E-state index contributed by atoms with van der Waals surface area (Å²) in [4.78, 5) is 0. The fraction of sp³-hybridized carbons (Fsp3) is 0.625. The molecule has 3 rings (SSSR count). The molecular weight excluding hydrogens is 220 g/mol. The number of nitrogens with one attached hydrogen (secondary N) is 2. The van der Waals surface area contributed by atoms with E-state index >= 15 is 0 Å². The zero-order valence-corrected chi connectivity index (χ0v) is 11.3. The molecule has 2 aliphatic rings. The summed E-state index contributed by atoms with van der Waals surface area (Å²) in [6.45, 7) is 4.52. The lowest BCUT2D eigenvalue weighted by atomic mass is 9.86. The number of anilines is 1. The Morgan fingerprint density at radius 3 is 3.06 bits per heavy atom. The minimum absolute atomic E-state index is 0.719. The normalized spacial score (nSPS) is 26.7. The third-order valence-electron chi connectivity index (χ3n) is 4.60. The highest BCUT2D eigenvalue weighted by atomic mass is 14.9. The Hall–Kier alpha value is -1.02. The molecule has 1 heterocycles. The van der Waals surface area contributed by atoms with Crippen molar-refractivity contribution in [3.8, 4) is 0 Å². The average molecular weight is 244 g/mol. The van der Waals surface area contributed by atoms with Gasteiger partial charge in [0, 0.05) is 24.8 Å². The lowest BCUT2D eigenvalue weighted by molar-refractivity contribution is 0.279. The summed E-state index contributed by atoms with van der Waals surface area (Å²) >= 11 is 0. The molecule has 1 aliphatic heterocycles. The van der Waals surface area contributed by atoms with Gasteiger partial charge in [-0.25, -0.2) is 0 Å². The van der Waals surface area contributed by atoms with Crippen LogP contribution in [-0.4, -0.2) is 12.6 Å². The molecule has 0 aromatic heterocycles. The van der Waals surface area contributed by atoms with Crippen LogP contribution >= 0.6 is 0 Å². The lowest BCUT2D eigenvalue weighted by Crippen LogP contribution is -2.36. The van der Waals surface area contributed by atoms with Gasteiger partial charge in [-0.2, -0.15) is 0 Å². The third kappa shape index (κ3) is 2.39. The van der Waals surface area contributed by atoms with Gasteiger partial charge in [-0.15, -0.1) is 0 Å². The molecule has 2 N–H and O–H groups in total. The fourth-order valence-corrected chi connectivity index (χ4v) is 3.42. The Balaban J connectivity index is 1.65. The van der Waals surface area contributed by atoms with Gasteiger partial charge in [0.2, 0.25) is 0 Å². The minimum Gasteiger partial charge on any atom is -0.384 e. The highest BCUT2D eigenvalue weighted by Crippen LogP contribution is 2.28. The molecule has 18 heavy (non-hydrogen) atoms. The first-order valence-corrected chi connectivity index (χ1v) is 7.42. The number of rotatable bonds is 3. The van der Waals surface area contributed by atoms with Crippen LogP contribution in [0.2, 0.25) is 0 Å². The van der Waals surface area contributed by atoms with E-state index in [0.29, 0.717) is 0 Å². The summed E-state index contributed by atoms with van der Waals surface area (Å²) in [5, 5.41) is 7.31. The van der Waals surface area contributed by atoms with Gasteiger partial charge >= 0.3 is 0 Å². The van der Waals surface area contributed by atoms with Crippen molar-refractivity contribution in [2.45, 2.75) is 51.6 Å². The molecule has 0 bridgehead atoms. The van der Waals surface area contributed by atoms with Crippen LogP contribution in [-0.2, 0) is 13.0 Å². The summed E-state index contributed by atoms with van der Waals surface area (Å²) in [7, 11) is 0. The molecule has 1 aromatic rings. The Morgan fingerprint density at radius 2 is 2.17 bits per heavy atom. The van der Waals surface area contributed by atoms with Gasteiger partial charge in [-0.3, -0.25) is 0 Å². The predicted molar refractivity (Wildman–Crippen MR) is 76.9 cm³/mol. The van der Waals surface area contributed by atoms with Gasteiger partial charge in [-0.05, 0) is 36.3 Å². The molecule has 1 aliphatic carbocycles. The second-order valence-corrected chi connectivity index (χ2v) is 5.88. The monoisotopic (exact) mass is 244 g/mol. The topological polar surface area (TPSA) is 24.1 Å². The van der Waals surface area contributed by atoms with E-state index in [-0.39, 0.29) is 0 Å². The van der Waals surface area contributed by atoms with Crippen molar-refractivity contribution in [3.05, 3.63) is 29.3 Å². The van der Waals surface area contributed by atoms with Crippen LogP contribution in [0.3, 0.4) is 0 Å². The van der Waals surface area contributed by atoms with Crippen molar-refractivity contribution in [3.63, 3.8) is 0 Å². The summed E-state index contributed by atoms with van der Waals surface area (Å²) < 4.78 is 0. The number of hydrogen-bond donors (Lipinski definition) is 2. The van der Waals surface area contributed by atoms with Gasteiger partial charge in [0.05, 0.1) is 0 Å². The van der Waals surface area contributed by atoms with Crippen molar-refractivity contribution in [2.24, 2.45) is 5.92 Å². The Morgan fingerprint density at radius 1 is 1.28 bits per heavy atom. The van der Waals surface area contributed by atoms with Crippen LogP contribution in [0.25, 0.3) is 0 Å². The predicted octanol–water partition coefficient (Wildman–Crippen LogP) is 3.32. The highest BCUT2D eigenvalue weighted by molar-refractivity contribution is 5.61. The molecule has 2 atom stereocenters. The van der Waals surface area contributed by atoms with E-state index in [1.165, 1.54) is 48.9 Å². The summed E-state index contributed by atoms with van der Waals surface area (Å²) in [6.07, 6.45) is 6.74. The molecule has 2 heteroatoms. The van der Waals surface area contributed by atoms with Crippen LogP contribution in [0, 0.1) is 5.92 Å². The third-order valence-corrected chi connectivity index (χ3v) is 4.60. The van der Waals surface area contributed by atoms with E-state index in [1.807, 2.05) is 0 Å². The molecule has 0 spiro atoms. The number of hydrogen-bond acceptors (Lipinski definition) is 2. The molecule has 2 unspecified atom stereocenters. The molecule has 0 saturated heterocycles. The van der Waals surface area contributed by atoms with Crippen LogP contribution in [0.1, 0.15) is 43.7 Å². The van der Waals surface area contributed by atoms with E-state index in [4.69, 9.17) is 0 Å². The highest BCUT2D eigenvalue weighted by Gasteiger charge is 2.21. The minimum atomic E-state index is 0.719. The molecule has 0 radical (unpaired) electrons. The van der Waals surface area contributed by atoms with Gasteiger partial charge in [0.25, 0.3) is 0 Å². The number of fused-ring (bicyclic) bond motifs is 1.